The predicted octanol–water partition coefficient (Wildman–Crippen LogP) is 4.04. The van der Waals surface area contributed by atoms with Gasteiger partial charge in [0.2, 0.25) is 0 Å². The Labute approximate surface area is 108 Å². The van der Waals surface area contributed by atoms with E-state index in [0.29, 0.717) is 6.61 Å². The molecule has 0 aromatic heterocycles. The minimum atomic E-state index is 0.680. The van der Waals surface area contributed by atoms with Crippen molar-refractivity contribution >= 4 is 0 Å². The molecule has 0 N–H and O–H groups in total. The zero-order valence-corrected chi connectivity index (χ0v) is 10.7. The second-order valence-corrected chi connectivity index (χ2v) is 4.15. The standard InChI is InChI=1S/C17H16O/c1-4-14-7-6-13(3)12-17(14)15-8-10-16(11-9-15)18-5-2/h1,6-12H,5H2,2-3H3. The molecule has 90 valence electrons. The second-order valence-electron chi connectivity index (χ2n) is 4.15. The molecule has 0 saturated heterocycles. The van der Waals surface area contributed by atoms with Crippen LogP contribution < -0.4 is 4.74 Å². The molecule has 0 saturated carbocycles. The molecule has 0 aliphatic carbocycles. The van der Waals surface area contributed by atoms with Crippen molar-refractivity contribution < 1.29 is 4.74 Å². The van der Waals surface area contributed by atoms with Crippen LogP contribution in [0.15, 0.2) is 42.5 Å². The van der Waals surface area contributed by atoms with Crippen LogP contribution in [0.5, 0.6) is 5.75 Å². The molecule has 0 unspecified atom stereocenters. The van der Waals surface area contributed by atoms with Gasteiger partial charge >= 0.3 is 0 Å². The summed E-state index contributed by atoms with van der Waals surface area (Å²) in [5.74, 6) is 3.62. The van der Waals surface area contributed by atoms with Gasteiger partial charge in [-0.15, -0.1) is 6.42 Å². The van der Waals surface area contributed by atoms with Crippen LogP contribution in [-0.4, -0.2) is 6.61 Å². The van der Waals surface area contributed by atoms with Gasteiger partial charge in [-0.25, -0.2) is 0 Å². The SMILES string of the molecule is C#Cc1ccc(C)cc1-c1ccc(OCC)cc1. The fraction of sp³-hybridized carbons (Fsp3) is 0.176. The van der Waals surface area contributed by atoms with Crippen molar-refractivity contribution in [3.05, 3.63) is 53.6 Å². The summed E-state index contributed by atoms with van der Waals surface area (Å²) in [6, 6.07) is 14.2. The van der Waals surface area contributed by atoms with Crippen LogP contribution in [0.2, 0.25) is 0 Å². The topological polar surface area (TPSA) is 9.23 Å². The minimum Gasteiger partial charge on any atom is -0.494 e. The van der Waals surface area contributed by atoms with Gasteiger partial charge in [0, 0.05) is 5.56 Å². The van der Waals surface area contributed by atoms with Crippen LogP contribution in [0.1, 0.15) is 18.1 Å². The first-order valence-corrected chi connectivity index (χ1v) is 6.05. The maximum Gasteiger partial charge on any atom is 0.119 e. The molecule has 0 aliphatic rings. The molecule has 0 fully saturated rings. The molecular formula is C17H16O. The zero-order chi connectivity index (χ0) is 13.0. The molecule has 0 radical (unpaired) electrons. The molecule has 0 heterocycles. The second kappa shape index (κ2) is 5.42. The number of ether oxygens (including phenoxy) is 1. The Bertz CT molecular complexity index is 574. The fourth-order valence-electron chi connectivity index (χ4n) is 1.92. The fourth-order valence-corrected chi connectivity index (χ4v) is 1.92. The van der Waals surface area contributed by atoms with Crippen LogP contribution in [0.4, 0.5) is 0 Å². The number of benzene rings is 2. The zero-order valence-electron chi connectivity index (χ0n) is 10.7. The van der Waals surface area contributed by atoms with E-state index < -0.39 is 0 Å². The van der Waals surface area contributed by atoms with Gasteiger partial charge in [0.25, 0.3) is 0 Å². The third kappa shape index (κ3) is 2.55. The van der Waals surface area contributed by atoms with Crippen LogP contribution in [0, 0.1) is 19.3 Å². The van der Waals surface area contributed by atoms with Crippen molar-refractivity contribution in [3.63, 3.8) is 0 Å². The summed E-state index contributed by atoms with van der Waals surface area (Å²) in [5.41, 5.74) is 4.35. The third-order valence-corrected chi connectivity index (χ3v) is 2.81. The monoisotopic (exact) mass is 236 g/mol. The van der Waals surface area contributed by atoms with Gasteiger partial charge in [0.05, 0.1) is 6.61 Å². The molecule has 0 bridgehead atoms. The van der Waals surface area contributed by atoms with Gasteiger partial charge in [-0.3, -0.25) is 0 Å². The van der Waals surface area contributed by atoms with Gasteiger partial charge in [0.1, 0.15) is 5.75 Å². The summed E-state index contributed by atoms with van der Waals surface area (Å²) in [7, 11) is 0. The maximum absolute atomic E-state index is 5.54. The molecule has 0 amide bonds. The Morgan fingerprint density at radius 3 is 2.44 bits per heavy atom. The van der Waals surface area contributed by atoms with Crippen LogP contribution in [0.3, 0.4) is 0 Å². The van der Waals surface area contributed by atoms with Gasteiger partial charge in [-0.05, 0) is 43.2 Å². The van der Waals surface area contributed by atoms with E-state index in [0.717, 1.165) is 22.4 Å². The molecule has 2 aromatic rings. The number of hydrogen-bond acceptors (Lipinski definition) is 1. The smallest absolute Gasteiger partial charge is 0.119 e. The highest BCUT2D eigenvalue weighted by molar-refractivity contribution is 5.72. The van der Waals surface area contributed by atoms with Crippen LogP contribution in [0.25, 0.3) is 11.1 Å². The van der Waals surface area contributed by atoms with Crippen LogP contribution >= 0.6 is 0 Å². The summed E-state index contributed by atoms with van der Waals surface area (Å²) < 4.78 is 5.44. The largest absolute Gasteiger partial charge is 0.494 e. The average molecular weight is 236 g/mol. The summed E-state index contributed by atoms with van der Waals surface area (Å²) in [4.78, 5) is 0. The lowest BCUT2D eigenvalue weighted by Crippen LogP contribution is -1.91. The molecule has 18 heavy (non-hydrogen) atoms. The van der Waals surface area contributed by atoms with Gasteiger partial charge in [-0.1, -0.05) is 35.7 Å². The van der Waals surface area contributed by atoms with Crippen molar-refractivity contribution in [3.8, 4) is 29.2 Å². The predicted molar refractivity (Wildman–Crippen MR) is 75.7 cm³/mol. The van der Waals surface area contributed by atoms with E-state index in [-0.39, 0.29) is 0 Å². The minimum absolute atomic E-state index is 0.680. The van der Waals surface area contributed by atoms with Gasteiger partial charge in [-0.2, -0.15) is 0 Å². The van der Waals surface area contributed by atoms with E-state index in [1.165, 1.54) is 5.56 Å². The lowest BCUT2D eigenvalue weighted by molar-refractivity contribution is 0.340. The van der Waals surface area contributed by atoms with E-state index in [1.807, 2.05) is 43.3 Å². The lowest BCUT2D eigenvalue weighted by atomic mass is 9.98. The Balaban J connectivity index is 2.42. The van der Waals surface area contributed by atoms with Gasteiger partial charge < -0.3 is 4.74 Å². The van der Waals surface area contributed by atoms with Crippen molar-refractivity contribution in [1.82, 2.24) is 0 Å². The Morgan fingerprint density at radius 2 is 1.83 bits per heavy atom. The Hall–Kier alpha value is -2.20. The summed E-state index contributed by atoms with van der Waals surface area (Å²) in [5, 5.41) is 0. The quantitative estimate of drug-likeness (QED) is 0.731. The number of rotatable bonds is 3. The summed E-state index contributed by atoms with van der Waals surface area (Å²) >= 11 is 0. The Kier molecular flexibility index (Phi) is 3.69. The first kappa shape index (κ1) is 12.3. The van der Waals surface area contributed by atoms with E-state index in [9.17, 15) is 0 Å². The van der Waals surface area contributed by atoms with Crippen molar-refractivity contribution in [2.75, 3.05) is 6.61 Å². The molecule has 1 heteroatoms. The van der Waals surface area contributed by atoms with Gasteiger partial charge in [0.15, 0.2) is 0 Å². The molecule has 2 aromatic carbocycles. The molecule has 0 spiro atoms. The van der Waals surface area contributed by atoms with Crippen LogP contribution in [-0.2, 0) is 0 Å². The molecule has 1 nitrogen and oxygen atoms in total. The number of hydrogen-bond donors (Lipinski definition) is 0. The highest BCUT2D eigenvalue weighted by Crippen LogP contribution is 2.26. The first-order chi connectivity index (χ1) is 8.74. The number of aryl methyl sites for hydroxylation is 1. The molecule has 0 aliphatic heterocycles. The molecule has 0 atom stereocenters. The van der Waals surface area contributed by atoms with Crippen molar-refractivity contribution in [2.24, 2.45) is 0 Å². The van der Waals surface area contributed by atoms with E-state index >= 15 is 0 Å². The third-order valence-electron chi connectivity index (χ3n) is 2.81. The first-order valence-electron chi connectivity index (χ1n) is 6.05. The van der Waals surface area contributed by atoms with Crippen molar-refractivity contribution in [2.45, 2.75) is 13.8 Å². The van der Waals surface area contributed by atoms with Crippen molar-refractivity contribution in [1.29, 1.82) is 0 Å². The summed E-state index contributed by atoms with van der Waals surface area (Å²) in [6.45, 7) is 4.72. The van der Waals surface area contributed by atoms with E-state index in [1.54, 1.807) is 0 Å². The Morgan fingerprint density at radius 1 is 1.11 bits per heavy atom. The lowest BCUT2D eigenvalue weighted by Gasteiger charge is -2.08. The molecule has 2 rings (SSSR count). The average Bonchev–Trinajstić information content (AvgIpc) is 2.40. The normalized spacial score (nSPS) is 9.83. The maximum atomic E-state index is 5.54. The molecular weight excluding hydrogens is 220 g/mol. The van der Waals surface area contributed by atoms with E-state index in [2.05, 4.69) is 18.9 Å². The van der Waals surface area contributed by atoms with E-state index in [4.69, 9.17) is 11.2 Å². The summed E-state index contributed by atoms with van der Waals surface area (Å²) in [6.07, 6.45) is 5.54. The number of terminal acetylenes is 1. The highest BCUT2D eigenvalue weighted by atomic mass is 16.5. The highest BCUT2D eigenvalue weighted by Gasteiger charge is 2.04.